The van der Waals surface area contributed by atoms with Crippen molar-refractivity contribution in [2.75, 3.05) is 13.1 Å². The lowest BCUT2D eigenvalue weighted by Crippen LogP contribution is -2.43. The Bertz CT molecular complexity index is 522. The first-order chi connectivity index (χ1) is 9.89. The minimum absolute atomic E-state index is 0.0184. The van der Waals surface area contributed by atoms with E-state index in [0.29, 0.717) is 6.54 Å². The molecule has 5 heteroatoms. The van der Waals surface area contributed by atoms with Crippen LogP contribution in [0.2, 0.25) is 5.02 Å². The molecule has 1 amide bonds. The van der Waals surface area contributed by atoms with Crippen molar-refractivity contribution in [3.05, 3.63) is 34.9 Å². The van der Waals surface area contributed by atoms with Gasteiger partial charge in [-0.1, -0.05) is 36.7 Å². The molecule has 0 bridgehead atoms. The normalized spacial score (nSPS) is 25.7. The molecule has 3 atom stereocenters. The number of benzene rings is 1. The first kappa shape index (κ1) is 16.3. The lowest BCUT2D eigenvalue weighted by atomic mass is 9.89. The smallest absolute Gasteiger partial charge is 0.224 e. The average Bonchev–Trinajstić information content (AvgIpc) is 2.85. The Morgan fingerprint density at radius 3 is 2.67 bits per heavy atom. The molecule has 21 heavy (non-hydrogen) atoms. The molecule has 0 radical (unpaired) electrons. The largest absolute Gasteiger partial charge is 0.369 e. The van der Waals surface area contributed by atoms with Crippen LogP contribution in [0.5, 0.6) is 0 Å². The van der Waals surface area contributed by atoms with Crippen molar-refractivity contribution in [1.82, 2.24) is 4.90 Å². The number of nitrogens with two attached hydrogens (primary N) is 2. The second kappa shape index (κ2) is 6.34. The zero-order valence-electron chi connectivity index (χ0n) is 12.7. The molecule has 1 aliphatic rings. The molecule has 4 nitrogen and oxygen atoms in total. The molecule has 3 unspecified atom stereocenters. The van der Waals surface area contributed by atoms with Gasteiger partial charge < -0.3 is 11.5 Å². The number of carbonyl (C=O) groups is 1. The highest BCUT2D eigenvalue weighted by Crippen LogP contribution is 2.38. The highest BCUT2D eigenvalue weighted by atomic mass is 35.5. The van der Waals surface area contributed by atoms with Crippen LogP contribution in [0.1, 0.15) is 38.3 Å². The van der Waals surface area contributed by atoms with Gasteiger partial charge in [0.05, 0.1) is 11.5 Å². The highest BCUT2D eigenvalue weighted by molar-refractivity contribution is 6.31. The predicted octanol–water partition coefficient (Wildman–Crippen LogP) is 2.32. The van der Waals surface area contributed by atoms with E-state index in [2.05, 4.69) is 11.8 Å². The third kappa shape index (κ3) is 3.23. The summed E-state index contributed by atoms with van der Waals surface area (Å²) >= 11 is 6.36. The van der Waals surface area contributed by atoms with Crippen LogP contribution in [0.25, 0.3) is 0 Å². The summed E-state index contributed by atoms with van der Waals surface area (Å²) < 4.78 is 0. The third-order valence-electron chi connectivity index (χ3n) is 4.59. The first-order valence-corrected chi connectivity index (χ1v) is 7.81. The quantitative estimate of drug-likeness (QED) is 0.876. The molecule has 1 saturated heterocycles. The topological polar surface area (TPSA) is 72.3 Å². The van der Waals surface area contributed by atoms with E-state index in [1.807, 2.05) is 31.2 Å². The van der Waals surface area contributed by atoms with Crippen LogP contribution in [0.15, 0.2) is 24.3 Å². The lowest BCUT2D eigenvalue weighted by molar-refractivity contribution is -0.126. The molecule has 0 aromatic heterocycles. The molecule has 1 fully saturated rings. The fraction of sp³-hybridized carbons (Fsp3) is 0.562. The Balaban J connectivity index is 2.31. The number of amides is 1. The Kier molecular flexibility index (Phi) is 4.91. The van der Waals surface area contributed by atoms with Gasteiger partial charge in [-0.05, 0) is 37.9 Å². The van der Waals surface area contributed by atoms with Gasteiger partial charge in [0.2, 0.25) is 5.91 Å². The van der Waals surface area contributed by atoms with Gasteiger partial charge in [-0.15, -0.1) is 0 Å². The molecule has 0 aliphatic carbocycles. The van der Waals surface area contributed by atoms with Gasteiger partial charge in [0.25, 0.3) is 0 Å². The Labute approximate surface area is 131 Å². The molecule has 0 saturated carbocycles. The van der Waals surface area contributed by atoms with Gasteiger partial charge in [0.15, 0.2) is 0 Å². The second-order valence-corrected chi connectivity index (χ2v) is 6.59. The molecule has 1 aromatic carbocycles. The Morgan fingerprint density at radius 2 is 2.14 bits per heavy atom. The summed E-state index contributed by atoms with van der Waals surface area (Å²) in [7, 11) is 0. The van der Waals surface area contributed by atoms with Crippen LogP contribution in [0.4, 0.5) is 0 Å². The summed E-state index contributed by atoms with van der Waals surface area (Å²) in [6.45, 7) is 5.43. The van der Waals surface area contributed by atoms with Gasteiger partial charge in [0, 0.05) is 17.6 Å². The summed E-state index contributed by atoms with van der Waals surface area (Å²) in [5.74, 6) is -0.243. The predicted molar refractivity (Wildman–Crippen MR) is 86.0 cm³/mol. The van der Waals surface area contributed by atoms with E-state index >= 15 is 0 Å². The van der Waals surface area contributed by atoms with E-state index in [1.165, 1.54) is 0 Å². The van der Waals surface area contributed by atoms with Crippen LogP contribution in [-0.4, -0.2) is 29.9 Å². The standard InChI is InChI=1S/C16H24ClN3O/c1-3-13(18)14(11-6-4-5-7-12(11)17)20-9-8-16(2,10-20)15(19)21/h4-7,13-14H,3,8-10,18H2,1-2H3,(H2,19,21). The van der Waals surface area contributed by atoms with Gasteiger partial charge in [-0.2, -0.15) is 0 Å². The number of hydrogen-bond acceptors (Lipinski definition) is 3. The molecule has 0 spiro atoms. The van der Waals surface area contributed by atoms with E-state index in [-0.39, 0.29) is 18.0 Å². The van der Waals surface area contributed by atoms with E-state index in [4.69, 9.17) is 23.1 Å². The number of nitrogens with zero attached hydrogens (tertiary/aromatic N) is 1. The van der Waals surface area contributed by atoms with Crippen molar-refractivity contribution in [3.63, 3.8) is 0 Å². The summed E-state index contributed by atoms with van der Waals surface area (Å²) in [5, 5.41) is 0.721. The molecule has 1 aliphatic heterocycles. The zero-order valence-corrected chi connectivity index (χ0v) is 13.4. The van der Waals surface area contributed by atoms with E-state index < -0.39 is 5.41 Å². The number of hydrogen-bond donors (Lipinski definition) is 2. The summed E-state index contributed by atoms with van der Waals surface area (Å²) in [6, 6.07) is 7.78. The minimum Gasteiger partial charge on any atom is -0.369 e. The van der Waals surface area contributed by atoms with Crippen molar-refractivity contribution in [1.29, 1.82) is 0 Å². The molecule has 1 aromatic rings. The molecular formula is C16H24ClN3O. The summed E-state index contributed by atoms with van der Waals surface area (Å²) in [4.78, 5) is 13.9. The van der Waals surface area contributed by atoms with Gasteiger partial charge >= 0.3 is 0 Å². The number of primary amides is 1. The lowest BCUT2D eigenvalue weighted by Gasteiger charge is -2.34. The van der Waals surface area contributed by atoms with Crippen LogP contribution in [0, 0.1) is 5.41 Å². The SMILES string of the molecule is CCC(N)C(c1ccccc1Cl)N1CCC(C)(C(N)=O)C1. The highest BCUT2D eigenvalue weighted by Gasteiger charge is 2.42. The van der Waals surface area contributed by atoms with Crippen LogP contribution in [-0.2, 0) is 4.79 Å². The van der Waals surface area contributed by atoms with Crippen LogP contribution in [0.3, 0.4) is 0 Å². The monoisotopic (exact) mass is 309 g/mol. The van der Waals surface area contributed by atoms with Gasteiger partial charge in [0.1, 0.15) is 0 Å². The number of carbonyl (C=O) groups excluding carboxylic acids is 1. The van der Waals surface area contributed by atoms with Crippen molar-refractivity contribution >= 4 is 17.5 Å². The van der Waals surface area contributed by atoms with E-state index in [1.54, 1.807) is 0 Å². The van der Waals surface area contributed by atoms with Crippen LogP contribution >= 0.6 is 11.6 Å². The summed E-state index contributed by atoms with van der Waals surface area (Å²) in [6.07, 6.45) is 1.61. The zero-order chi connectivity index (χ0) is 15.6. The number of halogens is 1. The second-order valence-electron chi connectivity index (χ2n) is 6.18. The van der Waals surface area contributed by atoms with Crippen molar-refractivity contribution < 1.29 is 4.79 Å². The molecule has 2 rings (SSSR count). The molecular weight excluding hydrogens is 286 g/mol. The summed E-state index contributed by atoms with van der Waals surface area (Å²) in [5.41, 5.74) is 12.4. The maximum absolute atomic E-state index is 11.7. The van der Waals surface area contributed by atoms with E-state index in [0.717, 1.165) is 30.0 Å². The van der Waals surface area contributed by atoms with Crippen molar-refractivity contribution in [2.24, 2.45) is 16.9 Å². The molecule has 116 valence electrons. The van der Waals surface area contributed by atoms with E-state index in [9.17, 15) is 4.79 Å². The first-order valence-electron chi connectivity index (χ1n) is 7.43. The fourth-order valence-corrected chi connectivity index (χ4v) is 3.32. The minimum atomic E-state index is -0.479. The molecule has 1 heterocycles. The third-order valence-corrected chi connectivity index (χ3v) is 4.94. The maximum atomic E-state index is 11.7. The van der Waals surface area contributed by atoms with Gasteiger partial charge in [-0.3, -0.25) is 9.69 Å². The maximum Gasteiger partial charge on any atom is 0.224 e. The average molecular weight is 310 g/mol. The molecule has 4 N–H and O–H groups in total. The van der Waals surface area contributed by atoms with Crippen molar-refractivity contribution in [3.8, 4) is 0 Å². The van der Waals surface area contributed by atoms with Crippen molar-refractivity contribution in [2.45, 2.75) is 38.8 Å². The van der Waals surface area contributed by atoms with Gasteiger partial charge in [-0.25, -0.2) is 0 Å². The Hall–Kier alpha value is -1.10. The Morgan fingerprint density at radius 1 is 1.48 bits per heavy atom. The van der Waals surface area contributed by atoms with Crippen LogP contribution < -0.4 is 11.5 Å². The fourth-order valence-electron chi connectivity index (χ4n) is 3.07. The number of rotatable bonds is 5. The number of likely N-dealkylation sites (tertiary alicyclic amines) is 1.